The average Bonchev–Trinajstić information content (AvgIpc) is 3.12. The van der Waals surface area contributed by atoms with Crippen molar-refractivity contribution in [2.75, 3.05) is 18.4 Å². The molecule has 0 bridgehead atoms. The first kappa shape index (κ1) is 19.6. The van der Waals surface area contributed by atoms with E-state index in [4.69, 9.17) is 0 Å². The Balaban J connectivity index is 1.71. The average molecular weight is 411 g/mol. The predicted octanol–water partition coefficient (Wildman–Crippen LogP) is 3.79. The fourth-order valence-corrected chi connectivity index (χ4v) is 3.42. The van der Waals surface area contributed by atoms with E-state index in [1.54, 1.807) is 12.4 Å². The SMILES string of the molecule is O=C1CN(C(=O)NCC(F)F)Cc2[nH]c(-c3ccncc3)c(Nc3ccccc3)c21. The number of pyridine rings is 1. The van der Waals surface area contributed by atoms with Crippen LogP contribution < -0.4 is 10.6 Å². The van der Waals surface area contributed by atoms with Gasteiger partial charge in [0, 0.05) is 29.3 Å². The van der Waals surface area contributed by atoms with Gasteiger partial charge in [0.05, 0.1) is 36.6 Å². The van der Waals surface area contributed by atoms with Crippen LogP contribution in [0.5, 0.6) is 0 Å². The van der Waals surface area contributed by atoms with Crippen LogP contribution in [0, 0.1) is 0 Å². The molecule has 9 heteroatoms. The first-order valence-electron chi connectivity index (χ1n) is 9.34. The molecule has 30 heavy (non-hydrogen) atoms. The second-order valence-electron chi connectivity index (χ2n) is 6.81. The number of halogens is 2. The molecule has 154 valence electrons. The fourth-order valence-electron chi connectivity index (χ4n) is 3.42. The van der Waals surface area contributed by atoms with E-state index in [0.29, 0.717) is 22.6 Å². The number of H-pyrrole nitrogens is 1. The van der Waals surface area contributed by atoms with E-state index >= 15 is 0 Å². The minimum atomic E-state index is -2.66. The van der Waals surface area contributed by atoms with Crippen molar-refractivity contribution in [2.24, 2.45) is 0 Å². The molecule has 0 saturated carbocycles. The summed E-state index contributed by atoms with van der Waals surface area (Å²) in [4.78, 5) is 33.6. The van der Waals surface area contributed by atoms with Crippen molar-refractivity contribution in [1.82, 2.24) is 20.2 Å². The summed E-state index contributed by atoms with van der Waals surface area (Å²) in [6.07, 6.45) is 0.635. The number of rotatable bonds is 5. The summed E-state index contributed by atoms with van der Waals surface area (Å²) in [7, 11) is 0. The normalized spacial score (nSPS) is 13.3. The molecular weight excluding hydrogens is 392 g/mol. The van der Waals surface area contributed by atoms with Crippen LogP contribution in [0.4, 0.5) is 25.0 Å². The number of anilines is 2. The zero-order valence-electron chi connectivity index (χ0n) is 15.9. The maximum absolute atomic E-state index is 13.0. The number of carbonyl (C=O) groups is 2. The lowest BCUT2D eigenvalue weighted by molar-refractivity contribution is 0.0913. The Morgan fingerprint density at radius 3 is 2.57 bits per heavy atom. The molecule has 4 rings (SSSR count). The summed E-state index contributed by atoms with van der Waals surface area (Å²) in [5.41, 5.74) is 3.93. The lowest BCUT2D eigenvalue weighted by atomic mass is 10.0. The van der Waals surface area contributed by atoms with E-state index in [1.807, 2.05) is 42.5 Å². The van der Waals surface area contributed by atoms with E-state index in [2.05, 4.69) is 20.6 Å². The lowest BCUT2D eigenvalue weighted by Crippen LogP contribution is -2.46. The number of nitrogens with one attached hydrogen (secondary N) is 3. The van der Waals surface area contributed by atoms with E-state index in [9.17, 15) is 18.4 Å². The summed E-state index contributed by atoms with van der Waals surface area (Å²) < 4.78 is 24.8. The molecule has 1 aliphatic rings. The van der Waals surface area contributed by atoms with Crippen molar-refractivity contribution in [1.29, 1.82) is 0 Å². The van der Waals surface area contributed by atoms with Crippen molar-refractivity contribution >= 4 is 23.2 Å². The molecule has 0 unspecified atom stereocenters. The Hall–Kier alpha value is -3.75. The van der Waals surface area contributed by atoms with Crippen LogP contribution in [0.25, 0.3) is 11.3 Å². The maximum Gasteiger partial charge on any atom is 0.318 e. The zero-order valence-corrected chi connectivity index (χ0v) is 15.9. The molecule has 1 aliphatic heterocycles. The molecule has 3 heterocycles. The van der Waals surface area contributed by atoms with Gasteiger partial charge in [-0.1, -0.05) is 18.2 Å². The van der Waals surface area contributed by atoms with E-state index < -0.39 is 19.0 Å². The Morgan fingerprint density at radius 2 is 1.87 bits per heavy atom. The highest BCUT2D eigenvalue weighted by atomic mass is 19.3. The molecule has 1 aromatic carbocycles. The van der Waals surface area contributed by atoms with Crippen LogP contribution in [-0.4, -0.2) is 46.2 Å². The number of hydrogen-bond acceptors (Lipinski definition) is 4. The minimum absolute atomic E-state index is 0.102. The van der Waals surface area contributed by atoms with Crippen LogP contribution >= 0.6 is 0 Å². The molecule has 0 spiro atoms. The highest BCUT2D eigenvalue weighted by Gasteiger charge is 2.32. The zero-order chi connectivity index (χ0) is 21.1. The van der Waals surface area contributed by atoms with Gasteiger partial charge in [-0.05, 0) is 24.3 Å². The van der Waals surface area contributed by atoms with Gasteiger partial charge in [0.15, 0.2) is 5.78 Å². The maximum atomic E-state index is 13.0. The standard InChI is InChI=1S/C21H19F2N5O2/c22-17(23)10-25-21(30)28-11-15-18(16(29)12-28)20(26-14-4-2-1-3-5-14)19(27-15)13-6-8-24-9-7-13/h1-9,17,26-27H,10-12H2,(H,25,30). The van der Waals surface area contributed by atoms with Gasteiger partial charge in [0.2, 0.25) is 0 Å². The van der Waals surface area contributed by atoms with Crippen molar-refractivity contribution < 1.29 is 18.4 Å². The lowest BCUT2D eigenvalue weighted by Gasteiger charge is -2.26. The second kappa shape index (κ2) is 8.32. The van der Waals surface area contributed by atoms with Crippen molar-refractivity contribution in [3.63, 3.8) is 0 Å². The third kappa shape index (κ3) is 4.00. The number of alkyl halides is 2. The summed E-state index contributed by atoms with van der Waals surface area (Å²) in [6.45, 7) is -0.853. The number of aromatic nitrogens is 2. The molecule has 2 amide bonds. The van der Waals surface area contributed by atoms with Gasteiger partial charge < -0.3 is 20.5 Å². The van der Waals surface area contributed by atoms with Crippen LogP contribution in [0.3, 0.4) is 0 Å². The summed E-state index contributed by atoms with van der Waals surface area (Å²) in [5.74, 6) is -0.279. The summed E-state index contributed by atoms with van der Waals surface area (Å²) in [6, 6.07) is 12.3. The van der Waals surface area contributed by atoms with Crippen molar-refractivity contribution in [3.05, 3.63) is 66.1 Å². The fraction of sp³-hybridized carbons (Fsp3) is 0.190. The number of fused-ring (bicyclic) bond motifs is 1. The third-order valence-corrected chi connectivity index (χ3v) is 4.75. The topological polar surface area (TPSA) is 90.1 Å². The van der Waals surface area contributed by atoms with Crippen LogP contribution in [0.15, 0.2) is 54.9 Å². The molecule has 0 radical (unpaired) electrons. The van der Waals surface area contributed by atoms with Crippen LogP contribution in [-0.2, 0) is 6.54 Å². The number of nitrogens with zero attached hydrogens (tertiary/aromatic N) is 2. The smallest absolute Gasteiger partial charge is 0.318 e. The number of ketones is 1. The van der Waals surface area contributed by atoms with Crippen molar-refractivity contribution in [3.8, 4) is 11.3 Å². The van der Waals surface area contributed by atoms with Gasteiger partial charge in [-0.15, -0.1) is 0 Å². The number of Topliss-reactive ketones (excluding diaryl/α,β-unsaturated/α-hetero) is 1. The second-order valence-corrected chi connectivity index (χ2v) is 6.81. The number of amides is 2. The third-order valence-electron chi connectivity index (χ3n) is 4.75. The number of urea groups is 1. The van der Waals surface area contributed by atoms with E-state index in [0.717, 1.165) is 11.3 Å². The molecule has 3 N–H and O–H groups in total. The van der Waals surface area contributed by atoms with Gasteiger partial charge in [-0.2, -0.15) is 0 Å². The Kier molecular flexibility index (Phi) is 5.42. The summed E-state index contributed by atoms with van der Waals surface area (Å²) in [5, 5.41) is 5.45. The first-order valence-corrected chi connectivity index (χ1v) is 9.34. The quantitative estimate of drug-likeness (QED) is 0.596. The molecule has 2 aromatic heterocycles. The van der Waals surface area contributed by atoms with Crippen LogP contribution in [0.2, 0.25) is 0 Å². The number of carbonyl (C=O) groups excluding carboxylic acids is 2. The Morgan fingerprint density at radius 1 is 1.13 bits per heavy atom. The van der Waals surface area contributed by atoms with Gasteiger partial charge >= 0.3 is 6.03 Å². The summed E-state index contributed by atoms with van der Waals surface area (Å²) >= 11 is 0. The monoisotopic (exact) mass is 411 g/mol. The minimum Gasteiger partial charge on any atom is -0.355 e. The Bertz CT molecular complexity index is 1050. The highest BCUT2D eigenvalue weighted by molar-refractivity contribution is 6.09. The number of hydrogen-bond donors (Lipinski definition) is 3. The number of benzene rings is 1. The molecule has 3 aromatic rings. The van der Waals surface area contributed by atoms with Gasteiger partial charge in [-0.3, -0.25) is 9.78 Å². The van der Waals surface area contributed by atoms with Gasteiger partial charge in [-0.25, -0.2) is 13.6 Å². The van der Waals surface area contributed by atoms with Gasteiger partial charge in [0.1, 0.15) is 0 Å². The molecule has 7 nitrogen and oxygen atoms in total. The molecule has 0 atom stereocenters. The highest BCUT2D eigenvalue weighted by Crippen LogP contribution is 2.37. The first-order chi connectivity index (χ1) is 14.5. The Labute approximate surface area is 171 Å². The molecule has 0 saturated heterocycles. The number of para-hydroxylation sites is 1. The van der Waals surface area contributed by atoms with E-state index in [1.165, 1.54) is 4.90 Å². The molecule has 0 fully saturated rings. The molecular formula is C21H19F2N5O2. The largest absolute Gasteiger partial charge is 0.355 e. The number of aromatic amines is 1. The molecule has 0 aliphatic carbocycles. The van der Waals surface area contributed by atoms with Gasteiger partial charge in [0.25, 0.3) is 6.43 Å². The predicted molar refractivity (Wildman–Crippen MR) is 108 cm³/mol. The van der Waals surface area contributed by atoms with Crippen molar-refractivity contribution in [2.45, 2.75) is 13.0 Å². The van der Waals surface area contributed by atoms with E-state index in [-0.39, 0.29) is 18.9 Å². The van der Waals surface area contributed by atoms with Crippen LogP contribution in [0.1, 0.15) is 16.1 Å².